The van der Waals surface area contributed by atoms with Crippen molar-refractivity contribution >= 4 is 11.8 Å². The Kier molecular flexibility index (Phi) is 14.7. The highest BCUT2D eigenvalue weighted by Gasteiger charge is 2.53. The molecule has 18 atom stereocenters. The number of carbonyl (C=O) groups excluding carboxylic acids is 2. The quantitative estimate of drug-likeness (QED) is 0.238. The van der Waals surface area contributed by atoms with Crippen LogP contribution in [0, 0.1) is 23.7 Å². The number of Topliss-reactive ketones (excluding diaryl/α,β-unsaturated/α-hetero) is 1. The summed E-state index contributed by atoms with van der Waals surface area (Å²) in [5.41, 5.74) is -4.84. The zero-order chi connectivity index (χ0) is 39.0. The minimum absolute atomic E-state index is 0.0936. The second-order valence-corrected chi connectivity index (χ2v) is 16.5. The Morgan fingerprint density at radius 2 is 1.49 bits per heavy atom. The van der Waals surface area contributed by atoms with E-state index in [1.54, 1.807) is 41.5 Å². The Bertz CT molecular complexity index is 1170. The molecule has 3 saturated heterocycles. The third kappa shape index (κ3) is 9.51. The number of nitrogens with zero attached hydrogens (tertiary/aromatic N) is 1. The van der Waals surface area contributed by atoms with Gasteiger partial charge in [-0.2, -0.15) is 0 Å². The number of esters is 1. The molecule has 0 unspecified atom stereocenters. The summed E-state index contributed by atoms with van der Waals surface area (Å²) in [7, 11) is 5.18. The molecule has 0 spiro atoms. The molecule has 51 heavy (non-hydrogen) atoms. The highest BCUT2D eigenvalue weighted by atomic mass is 16.7. The molecular weight excluding hydrogens is 666 g/mol. The number of rotatable bonds is 7. The number of hydrogen-bond donors (Lipinski definition) is 5. The summed E-state index contributed by atoms with van der Waals surface area (Å²) in [6.45, 7) is 16.3. The van der Waals surface area contributed by atoms with Crippen molar-refractivity contribution in [3.8, 4) is 0 Å². The molecule has 0 amide bonds. The molecule has 298 valence electrons. The van der Waals surface area contributed by atoms with Crippen LogP contribution in [0.3, 0.4) is 0 Å². The van der Waals surface area contributed by atoms with Crippen LogP contribution in [0.25, 0.3) is 0 Å². The van der Waals surface area contributed by atoms with Crippen LogP contribution in [-0.4, -0.2) is 148 Å². The van der Waals surface area contributed by atoms with Crippen LogP contribution in [0.15, 0.2) is 0 Å². The zero-order valence-corrected chi connectivity index (χ0v) is 32.9. The minimum Gasteiger partial charge on any atom is -0.459 e. The molecule has 3 heterocycles. The summed E-state index contributed by atoms with van der Waals surface area (Å²) < 4.78 is 37.1. The monoisotopic (exact) mass is 733 g/mol. The molecule has 0 saturated carbocycles. The van der Waals surface area contributed by atoms with E-state index in [1.807, 2.05) is 25.9 Å². The zero-order valence-electron chi connectivity index (χ0n) is 32.9. The molecule has 3 aliphatic heterocycles. The van der Waals surface area contributed by atoms with Crippen LogP contribution in [0.1, 0.15) is 94.9 Å². The van der Waals surface area contributed by atoms with E-state index in [-0.39, 0.29) is 31.4 Å². The molecule has 0 bridgehead atoms. The summed E-state index contributed by atoms with van der Waals surface area (Å²) in [6.07, 6.45) is -9.71. The van der Waals surface area contributed by atoms with E-state index in [1.165, 1.54) is 27.9 Å². The van der Waals surface area contributed by atoms with Crippen molar-refractivity contribution in [2.24, 2.45) is 23.7 Å². The number of ketones is 1. The second-order valence-electron chi connectivity index (χ2n) is 16.5. The molecule has 14 nitrogen and oxygen atoms in total. The lowest BCUT2D eigenvalue weighted by molar-refractivity contribution is -0.318. The molecular formula is C37H67NO13. The highest BCUT2D eigenvalue weighted by molar-refractivity contribution is 5.83. The first-order chi connectivity index (χ1) is 23.4. The van der Waals surface area contributed by atoms with Crippen molar-refractivity contribution in [2.45, 2.75) is 179 Å². The largest absolute Gasteiger partial charge is 0.459 e. The van der Waals surface area contributed by atoms with Gasteiger partial charge in [0.25, 0.3) is 0 Å². The number of methoxy groups -OCH3 is 1. The van der Waals surface area contributed by atoms with Crippen molar-refractivity contribution in [3.63, 3.8) is 0 Å². The third-order valence-electron chi connectivity index (χ3n) is 11.8. The molecule has 5 N–H and O–H groups in total. The Hall–Kier alpha value is -1.30. The molecule has 3 rings (SSSR count). The van der Waals surface area contributed by atoms with Crippen molar-refractivity contribution in [1.82, 2.24) is 4.90 Å². The highest BCUT2D eigenvalue weighted by Crippen LogP contribution is 2.40. The van der Waals surface area contributed by atoms with Gasteiger partial charge in [0.05, 0.1) is 47.6 Å². The third-order valence-corrected chi connectivity index (χ3v) is 11.8. The molecule has 0 aromatic heterocycles. The fourth-order valence-corrected chi connectivity index (χ4v) is 8.41. The summed E-state index contributed by atoms with van der Waals surface area (Å²) in [5, 5.41) is 57.6. The second kappa shape index (κ2) is 17.0. The van der Waals surface area contributed by atoms with Gasteiger partial charge in [-0.15, -0.1) is 0 Å². The fraction of sp³-hybridized carbons (Fsp3) is 0.946. The number of aliphatic hydroxyl groups is 5. The molecule has 0 radical (unpaired) electrons. The smallest absolute Gasteiger partial charge is 0.311 e. The van der Waals surface area contributed by atoms with E-state index >= 15 is 0 Å². The van der Waals surface area contributed by atoms with E-state index in [9.17, 15) is 35.1 Å². The van der Waals surface area contributed by atoms with Crippen molar-refractivity contribution in [3.05, 3.63) is 0 Å². The van der Waals surface area contributed by atoms with Crippen LogP contribution in [0.4, 0.5) is 0 Å². The summed E-state index contributed by atoms with van der Waals surface area (Å²) in [6, 6.07) is -0.324. The average Bonchev–Trinajstić information content (AvgIpc) is 3.05. The van der Waals surface area contributed by atoms with Crippen molar-refractivity contribution in [1.29, 1.82) is 0 Å². The standard InChI is InChI=1S/C37H67NO13/c1-14-25-37(10,45)30(41)20(4)27(39)18(2)16-35(8,44)32(51-34-28(40)24(38(11)12)15-19(3)47-34)21(5)29(22(6)33(43)49-25)50-26-17-36(9,46-13)31(42)23(7)48-26/h18-26,28-32,34,40-42,44-45H,14-17H2,1-13H3/t18-,19+,20+,21+,22-,23-,24-,25-,26-,28+,29+,30-,31-,32-,34-,35-,36-,37-/m1/s1. The summed E-state index contributed by atoms with van der Waals surface area (Å²) >= 11 is 0. The maximum absolute atomic E-state index is 14.1. The van der Waals surface area contributed by atoms with Gasteiger partial charge in [-0.25, -0.2) is 0 Å². The first kappa shape index (κ1) is 44.1. The SMILES string of the molecule is CC[C@H]1OC(=O)[C@H](C)[C@@H](O[C@@H]2C[C@@](C)(OC)[C@H](O)[C@@H](C)O2)[C@H](C)[C@@H](O[C@H]2O[C@@H](C)C[C@@H](N(C)C)[C@@H]2O)[C@](C)(O)C[C@@H](C)C(=O)[C@H](C)[C@@H](O)[C@]1(C)O. The van der Waals surface area contributed by atoms with Crippen LogP contribution >= 0.6 is 0 Å². The molecule has 3 aliphatic rings. The van der Waals surface area contributed by atoms with Gasteiger partial charge in [0.1, 0.15) is 29.7 Å². The van der Waals surface area contributed by atoms with Crippen LogP contribution in [0.5, 0.6) is 0 Å². The maximum atomic E-state index is 14.1. The van der Waals surface area contributed by atoms with Crippen LogP contribution in [0.2, 0.25) is 0 Å². The number of hydrogen-bond acceptors (Lipinski definition) is 14. The predicted octanol–water partition coefficient (Wildman–Crippen LogP) is 1.79. The number of ether oxygens (including phenoxy) is 6. The predicted molar refractivity (Wildman–Crippen MR) is 186 cm³/mol. The van der Waals surface area contributed by atoms with Crippen molar-refractivity contribution < 1.29 is 63.5 Å². The minimum atomic E-state index is -1.99. The van der Waals surface area contributed by atoms with Gasteiger partial charge in [0, 0.05) is 37.3 Å². The first-order valence-corrected chi connectivity index (χ1v) is 18.5. The molecule has 0 aromatic rings. The lowest BCUT2D eigenvalue weighted by atomic mass is 9.74. The van der Waals surface area contributed by atoms with Crippen LogP contribution in [-0.2, 0) is 38.0 Å². The Morgan fingerprint density at radius 3 is 2.04 bits per heavy atom. The van der Waals surface area contributed by atoms with Gasteiger partial charge in [0.2, 0.25) is 0 Å². The Morgan fingerprint density at radius 1 is 0.882 bits per heavy atom. The molecule has 0 aliphatic carbocycles. The average molecular weight is 734 g/mol. The topological polar surface area (TPSA) is 194 Å². The van der Waals surface area contributed by atoms with Gasteiger partial charge in [-0.05, 0) is 74.9 Å². The Labute approximate surface area is 304 Å². The number of carbonyl (C=O) groups is 2. The molecule has 3 fully saturated rings. The lowest BCUT2D eigenvalue weighted by Crippen LogP contribution is -2.61. The van der Waals surface area contributed by atoms with Gasteiger partial charge < -0.3 is 58.9 Å². The van der Waals surface area contributed by atoms with Gasteiger partial charge in [0.15, 0.2) is 12.6 Å². The van der Waals surface area contributed by atoms with Gasteiger partial charge in [-0.3, -0.25) is 9.59 Å². The fourth-order valence-electron chi connectivity index (χ4n) is 8.41. The maximum Gasteiger partial charge on any atom is 0.311 e. The van der Waals surface area contributed by atoms with E-state index in [4.69, 9.17) is 28.4 Å². The summed E-state index contributed by atoms with van der Waals surface area (Å²) in [4.78, 5) is 29.8. The van der Waals surface area contributed by atoms with E-state index < -0.39 is 108 Å². The van der Waals surface area contributed by atoms with Crippen LogP contribution < -0.4 is 0 Å². The summed E-state index contributed by atoms with van der Waals surface area (Å²) in [5.74, 6) is -4.98. The van der Waals surface area contributed by atoms with Gasteiger partial charge >= 0.3 is 5.97 Å². The number of likely N-dealkylation sites (N-methyl/N-ethyl adjacent to an activating group) is 1. The Balaban J connectivity index is 2.18. The number of cyclic esters (lactones) is 1. The molecule has 0 aromatic carbocycles. The van der Waals surface area contributed by atoms with E-state index in [2.05, 4.69) is 0 Å². The lowest BCUT2D eigenvalue weighted by Gasteiger charge is -2.49. The number of aliphatic hydroxyl groups excluding tert-OH is 3. The van der Waals surface area contributed by atoms with Gasteiger partial charge in [-0.1, -0.05) is 27.7 Å². The molecule has 14 heteroatoms. The van der Waals surface area contributed by atoms with Crippen molar-refractivity contribution in [2.75, 3.05) is 21.2 Å². The van der Waals surface area contributed by atoms with E-state index in [0.717, 1.165) is 0 Å². The van der Waals surface area contributed by atoms with E-state index in [0.29, 0.717) is 6.42 Å². The normalized spacial score (nSPS) is 49.7. The first-order valence-electron chi connectivity index (χ1n) is 18.5.